The second-order valence-corrected chi connectivity index (χ2v) is 9.25. The molecule has 0 bridgehead atoms. The number of rotatable bonds is 11. The van der Waals surface area contributed by atoms with E-state index < -0.39 is 15.9 Å². The SMILES string of the molecule is COc1ccc(/C=N\NC(=O)CN(CCc2ccccc2)S(=O)(=O)c2ccc(OC)cc2)cc1. The minimum Gasteiger partial charge on any atom is -0.497 e. The van der Waals surface area contributed by atoms with Gasteiger partial charge in [0, 0.05) is 6.54 Å². The number of carbonyl (C=O) groups is 1. The maximum absolute atomic E-state index is 13.3. The van der Waals surface area contributed by atoms with Crippen molar-refractivity contribution in [3.05, 3.63) is 90.0 Å². The largest absolute Gasteiger partial charge is 0.497 e. The number of amides is 1. The van der Waals surface area contributed by atoms with Crippen molar-refractivity contribution in [1.82, 2.24) is 9.73 Å². The van der Waals surface area contributed by atoms with Crippen LogP contribution in [0, 0.1) is 0 Å². The molecule has 1 N–H and O–H groups in total. The van der Waals surface area contributed by atoms with E-state index >= 15 is 0 Å². The summed E-state index contributed by atoms with van der Waals surface area (Å²) in [6.07, 6.45) is 1.93. The molecule has 0 fully saturated rings. The zero-order valence-electron chi connectivity index (χ0n) is 19.0. The van der Waals surface area contributed by atoms with Gasteiger partial charge in [-0.2, -0.15) is 9.41 Å². The standard InChI is InChI=1S/C25H27N3O5S/c1-32-22-10-8-21(9-11-22)18-26-27-25(29)19-28(17-16-20-6-4-3-5-7-20)34(30,31)24-14-12-23(33-2)13-15-24/h3-15,18H,16-17,19H2,1-2H3,(H,27,29)/b26-18-. The third-order valence-electron chi connectivity index (χ3n) is 5.03. The van der Waals surface area contributed by atoms with Crippen LogP contribution >= 0.6 is 0 Å². The summed E-state index contributed by atoms with van der Waals surface area (Å²) >= 11 is 0. The van der Waals surface area contributed by atoms with E-state index in [9.17, 15) is 13.2 Å². The maximum atomic E-state index is 13.3. The molecule has 0 radical (unpaired) electrons. The van der Waals surface area contributed by atoms with Gasteiger partial charge in [-0.15, -0.1) is 0 Å². The van der Waals surface area contributed by atoms with Crippen molar-refractivity contribution in [2.75, 3.05) is 27.3 Å². The smallest absolute Gasteiger partial charge is 0.255 e. The molecule has 3 aromatic carbocycles. The fourth-order valence-corrected chi connectivity index (χ4v) is 4.54. The lowest BCUT2D eigenvalue weighted by atomic mass is 10.1. The van der Waals surface area contributed by atoms with E-state index in [0.29, 0.717) is 17.9 Å². The highest BCUT2D eigenvalue weighted by atomic mass is 32.2. The number of nitrogens with zero attached hydrogens (tertiary/aromatic N) is 2. The van der Waals surface area contributed by atoms with Gasteiger partial charge < -0.3 is 9.47 Å². The van der Waals surface area contributed by atoms with Crippen molar-refractivity contribution in [3.8, 4) is 11.5 Å². The summed E-state index contributed by atoms with van der Waals surface area (Å²) in [6, 6.07) is 22.7. The Hall–Kier alpha value is -3.69. The first-order valence-electron chi connectivity index (χ1n) is 10.6. The minimum atomic E-state index is -3.92. The van der Waals surface area contributed by atoms with E-state index in [2.05, 4.69) is 10.5 Å². The quantitative estimate of drug-likeness (QED) is 0.335. The van der Waals surface area contributed by atoms with Crippen LogP contribution in [0.1, 0.15) is 11.1 Å². The van der Waals surface area contributed by atoms with Crippen LogP contribution in [0.25, 0.3) is 0 Å². The third kappa shape index (κ3) is 6.90. The van der Waals surface area contributed by atoms with Crippen LogP contribution in [0.3, 0.4) is 0 Å². The summed E-state index contributed by atoms with van der Waals surface area (Å²) in [5.41, 5.74) is 4.13. The average Bonchev–Trinajstić information content (AvgIpc) is 2.87. The number of hydrogen-bond donors (Lipinski definition) is 1. The molecular weight excluding hydrogens is 454 g/mol. The third-order valence-corrected chi connectivity index (χ3v) is 6.89. The summed E-state index contributed by atoms with van der Waals surface area (Å²) in [6.45, 7) is -0.241. The Kier molecular flexibility index (Phi) is 8.78. The van der Waals surface area contributed by atoms with Gasteiger partial charge in [-0.3, -0.25) is 4.79 Å². The van der Waals surface area contributed by atoms with Gasteiger partial charge in [-0.1, -0.05) is 30.3 Å². The summed E-state index contributed by atoms with van der Waals surface area (Å²) in [5, 5.41) is 3.94. The van der Waals surface area contributed by atoms with Crippen molar-refractivity contribution in [3.63, 3.8) is 0 Å². The lowest BCUT2D eigenvalue weighted by molar-refractivity contribution is -0.121. The van der Waals surface area contributed by atoms with Crippen molar-refractivity contribution >= 4 is 22.1 Å². The Labute approximate surface area is 199 Å². The lowest BCUT2D eigenvalue weighted by Gasteiger charge is -2.21. The summed E-state index contributed by atoms with van der Waals surface area (Å²) in [4.78, 5) is 12.6. The molecule has 9 heteroatoms. The summed E-state index contributed by atoms with van der Waals surface area (Å²) < 4.78 is 38.0. The molecule has 0 atom stereocenters. The maximum Gasteiger partial charge on any atom is 0.255 e. The highest BCUT2D eigenvalue weighted by Crippen LogP contribution is 2.20. The number of hydrogen-bond acceptors (Lipinski definition) is 6. The zero-order valence-corrected chi connectivity index (χ0v) is 19.9. The Morgan fingerprint density at radius 2 is 1.50 bits per heavy atom. The highest BCUT2D eigenvalue weighted by molar-refractivity contribution is 7.89. The van der Waals surface area contributed by atoms with Crippen molar-refractivity contribution in [1.29, 1.82) is 0 Å². The van der Waals surface area contributed by atoms with Gasteiger partial charge in [0.15, 0.2) is 0 Å². The van der Waals surface area contributed by atoms with Crippen LogP contribution in [0.5, 0.6) is 11.5 Å². The molecule has 3 aromatic rings. The Morgan fingerprint density at radius 1 is 0.912 bits per heavy atom. The second-order valence-electron chi connectivity index (χ2n) is 7.32. The molecule has 178 valence electrons. The molecule has 0 saturated heterocycles. The molecule has 0 aromatic heterocycles. The van der Waals surface area contributed by atoms with Crippen LogP contribution in [0.4, 0.5) is 0 Å². The molecule has 0 aliphatic rings. The van der Waals surface area contributed by atoms with Crippen LogP contribution in [0.2, 0.25) is 0 Å². The van der Waals surface area contributed by atoms with Gasteiger partial charge in [0.2, 0.25) is 10.0 Å². The van der Waals surface area contributed by atoms with E-state index in [1.807, 2.05) is 30.3 Å². The number of nitrogens with one attached hydrogen (secondary N) is 1. The van der Waals surface area contributed by atoms with Gasteiger partial charge in [0.05, 0.1) is 31.9 Å². The average molecular weight is 482 g/mol. The summed E-state index contributed by atoms with van der Waals surface area (Å²) in [5.74, 6) is 0.703. The van der Waals surface area contributed by atoms with Crippen molar-refractivity contribution in [2.45, 2.75) is 11.3 Å². The topological polar surface area (TPSA) is 97.3 Å². The first-order valence-corrected chi connectivity index (χ1v) is 12.0. The van der Waals surface area contributed by atoms with E-state index in [0.717, 1.165) is 15.4 Å². The number of hydrazone groups is 1. The molecule has 0 spiro atoms. The van der Waals surface area contributed by atoms with E-state index in [1.165, 1.54) is 25.5 Å². The molecule has 0 unspecified atom stereocenters. The first-order chi connectivity index (χ1) is 16.4. The van der Waals surface area contributed by atoms with Gasteiger partial charge in [-0.05, 0) is 66.1 Å². The highest BCUT2D eigenvalue weighted by Gasteiger charge is 2.26. The molecule has 34 heavy (non-hydrogen) atoms. The fraction of sp³-hybridized carbons (Fsp3) is 0.200. The van der Waals surface area contributed by atoms with Crippen molar-refractivity contribution < 1.29 is 22.7 Å². The van der Waals surface area contributed by atoms with E-state index in [1.54, 1.807) is 43.5 Å². The monoisotopic (exact) mass is 481 g/mol. The second kappa shape index (κ2) is 12.0. The van der Waals surface area contributed by atoms with Gasteiger partial charge in [0.25, 0.3) is 5.91 Å². The van der Waals surface area contributed by atoms with Crippen LogP contribution in [0.15, 0.2) is 88.9 Å². The minimum absolute atomic E-state index is 0.0795. The number of methoxy groups -OCH3 is 2. The predicted molar refractivity (Wildman–Crippen MR) is 131 cm³/mol. The van der Waals surface area contributed by atoms with Crippen LogP contribution in [-0.4, -0.2) is 52.2 Å². The molecule has 3 rings (SSSR count). The molecule has 0 aliphatic carbocycles. The summed E-state index contributed by atoms with van der Waals surface area (Å²) in [7, 11) is -0.842. The van der Waals surface area contributed by atoms with Crippen LogP contribution in [-0.2, 0) is 21.2 Å². The normalized spacial score (nSPS) is 11.5. The van der Waals surface area contributed by atoms with Gasteiger partial charge in [0.1, 0.15) is 11.5 Å². The lowest BCUT2D eigenvalue weighted by Crippen LogP contribution is -2.40. The molecule has 1 amide bonds. The Bertz CT molecular complexity index is 1200. The molecule has 0 saturated carbocycles. The number of carbonyl (C=O) groups excluding carboxylic acids is 1. The molecule has 8 nitrogen and oxygen atoms in total. The number of ether oxygens (including phenoxy) is 2. The number of sulfonamides is 1. The fourth-order valence-electron chi connectivity index (χ4n) is 3.14. The van der Waals surface area contributed by atoms with E-state index in [4.69, 9.17) is 9.47 Å². The molecule has 0 heterocycles. The van der Waals surface area contributed by atoms with Crippen LogP contribution < -0.4 is 14.9 Å². The Morgan fingerprint density at radius 3 is 2.09 bits per heavy atom. The van der Waals surface area contributed by atoms with Gasteiger partial charge >= 0.3 is 0 Å². The number of benzene rings is 3. The predicted octanol–water partition coefficient (Wildman–Crippen LogP) is 3.09. The van der Waals surface area contributed by atoms with E-state index in [-0.39, 0.29) is 18.0 Å². The molecular formula is C25H27N3O5S. The first kappa shape index (κ1) is 24.9. The van der Waals surface area contributed by atoms with Gasteiger partial charge in [-0.25, -0.2) is 13.8 Å². The Balaban J connectivity index is 1.72. The van der Waals surface area contributed by atoms with Crippen molar-refractivity contribution in [2.24, 2.45) is 5.10 Å². The molecule has 0 aliphatic heterocycles. The zero-order chi connectivity index (χ0) is 24.4.